The lowest BCUT2D eigenvalue weighted by molar-refractivity contribution is -1.01. The second kappa shape index (κ2) is 7.93. The van der Waals surface area contributed by atoms with Gasteiger partial charge in [-0.15, -0.1) is 11.3 Å². The fourth-order valence-electron chi connectivity index (χ4n) is 2.97. The summed E-state index contributed by atoms with van der Waals surface area (Å²) < 4.78 is 0. The van der Waals surface area contributed by atoms with E-state index >= 15 is 0 Å². The average Bonchev–Trinajstić information content (AvgIpc) is 3.02. The SMILES string of the molecule is O=C(C[NH+]1CC[NH+](Cc2cccs2)CC1)Nc1cccc(Cl)c1. The van der Waals surface area contributed by atoms with Gasteiger partial charge in [0.1, 0.15) is 32.7 Å². The van der Waals surface area contributed by atoms with Crippen molar-refractivity contribution >= 4 is 34.5 Å². The van der Waals surface area contributed by atoms with Crippen LogP contribution in [0.15, 0.2) is 41.8 Å². The Hall–Kier alpha value is -1.40. The van der Waals surface area contributed by atoms with Gasteiger partial charge >= 0.3 is 0 Å². The summed E-state index contributed by atoms with van der Waals surface area (Å²) in [6.07, 6.45) is 0. The molecule has 0 atom stereocenters. The minimum atomic E-state index is 0.0592. The van der Waals surface area contributed by atoms with Crippen LogP contribution in [0.4, 0.5) is 5.69 Å². The average molecular weight is 352 g/mol. The van der Waals surface area contributed by atoms with E-state index in [1.165, 1.54) is 9.78 Å². The number of carbonyl (C=O) groups is 1. The molecule has 122 valence electrons. The maximum atomic E-state index is 12.1. The van der Waals surface area contributed by atoms with Crippen molar-refractivity contribution in [3.8, 4) is 0 Å². The highest BCUT2D eigenvalue weighted by molar-refractivity contribution is 7.09. The van der Waals surface area contributed by atoms with Gasteiger partial charge in [0.2, 0.25) is 0 Å². The molecule has 2 heterocycles. The molecule has 0 aliphatic carbocycles. The summed E-state index contributed by atoms with van der Waals surface area (Å²) in [5, 5.41) is 5.70. The largest absolute Gasteiger partial charge is 0.321 e. The number of benzene rings is 1. The number of thiophene rings is 1. The van der Waals surface area contributed by atoms with Crippen LogP contribution in [0, 0.1) is 0 Å². The number of piperazine rings is 1. The van der Waals surface area contributed by atoms with Crippen molar-refractivity contribution in [1.82, 2.24) is 0 Å². The van der Waals surface area contributed by atoms with E-state index in [1.807, 2.05) is 23.5 Å². The summed E-state index contributed by atoms with van der Waals surface area (Å²) in [7, 11) is 0. The molecule has 1 aromatic heterocycles. The predicted molar refractivity (Wildman–Crippen MR) is 94.4 cm³/mol. The monoisotopic (exact) mass is 351 g/mol. The van der Waals surface area contributed by atoms with Gasteiger partial charge in [-0.2, -0.15) is 0 Å². The third-order valence-corrected chi connectivity index (χ3v) is 5.30. The van der Waals surface area contributed by atoms with E-state index in [-0.39, 0.29) is 5.91 Å². The highest BCUT2D eigenvalue weighted by Crippen LogP contribution is 2.14. The van der Waals surface area contributed by atoms with E-state index < -0.39 is 0 Å². The fraction of sp³-hybridized carbons (Fsp3) is 0.353. The Bertz CT molecular complexity index is 639. The van der Waals surface area contributed by atoms with Gasteiger partial charge < -0.3 is 15.1 Å². The van der Waals surface area contributed by atoms with E-state index in [2.05, 4.69) is 22.8 Å². The number of hydrogen-bond acceptors (Lipinski definition) is 2. The first-order valence-electron chi connectivity index (χ1n) is 7.94. The second-order valence-corrected chi connectivity index (χ2v) is 7.46. The highest BCUT2D eigenvalue weighted by Gasteiger charge is 2.25. The van der Waals surface area contributed by atoms with Crippen LogP contribution in [0.25, 0.3) is 0 Å². The molecule has 2 aromatic rings. The van der Waals surface area contributed by atoms with Crippen LogP contribution in [0.1, 0.15) is 4.88 Å². The molecular weight excluding hydrogens is 330 g/mol. The maximum absolute atomic E-state index is 12.1. The Kier molecular flexibility index (Phi) is 5.67. The van der Waals surface area contributed by atoms with Gasteiger partial charge in [-0.25, -0.2) is 0 Å². The van der Waals surface area contributed by atoms with Crippen LogP contribution in [0.5, 0.6) is 0 Å². The Balaban J connectivity index is 1.42. The standard InChI is InChI=1S/C17H20ClN3OS/c18-14-3-1-4-15(11-14)19-17(22)13-21-8-6-20(7-9-21)12-16-5-2-10-23-16/h1-5,10-11H,6-9,12-13H2,(H,19,22)/p+2. The number of quaternary nitrogens is 2. The van der Waals surface area contributed by atoms with E-state index in [0.717, 1.165) is 38.4 Å². The topological polar surface area (TPSA) is 38.0 Å². The number of anilines is 1. The first-order valence-corrected chi connectivity index (χ1v) is 9.20. The van der Waals surface area contributed by atoms with Gasteiger partial charge in [0.25, 0.3) is 5.91 Å². The summed E-state index contributed by atoms with van der Waals surface area (Å²) in [4.78, 5) is 16.6. The number of rotatable bonds is 5. The van der Waals surface area contributed by atoms with Gasteiger partial charge in [0, 0.05) is 10.7 Å². The smallest absolute Gasteiger partial charge is 0.279 e. The van der Waals surface area contributed by atoms with Crippen molar-refractivity contribution < 1.29 is 14.6 Å². The molecule has 0 unspecified atom stereocenters. The molecule has 0 spiro atoms. The Labute approximate surface area is 145 Å². The molecule has 0 bridgehead atoms. The van der Waals surface area contributed by atoms with Gasteiger partial charge in [-0.05, 0) is 29.6 Å². The molecule has 3 N–H and O–H groups in total. The second-order valence-electron chi connectivity index (χ2n) is 5.99. The van der Waals surface area contributed by atoms with Crippen LogP contribution >= 0.6 is 22.9 Å². The normalized spacial score (nSPS) is 21.1. The molecule has 1 aliphatic rings. The van der Waals surface area contributed by atoms with E-state index in [9.17, 15) is 4.79 Å². The van der Waals surface area contributed by atoms with Crippen LogP contribution in [-0.4, -0.2) is 38.6 Å². The van der Waals surface area contributed by atoms with Crippen molar-refractivity contribution in [2.75, 3.05) is 38.0 Å². The van der Waals surface area contributed by atoms with E-state index in [4.69, 9.17) is 11.6 Å². The van der Waals surface area contributed by atoms with Gasteiger partial charge in [-0.3, -0.25) is 4.79 Å². The lowest BCUT2D eigenvalue weighted by Gasteiger charge is -2.29. The summed E-state index contributed by atoms with van der Waals surface area (Å²) >= 11 is 7.76. The molecule has 23 heavy (non-hydrogen) atoms. The number of hydrogen-bond donors (Lipinski definition) is 3. The lowest BCUT2D eigenvalue weighted by atomic mass is 10.3. The molecule has 4 nitrogen and oxygen atoms in total. The third kappa shape index (κ3) is 5.04. The van der Waals surface area contributed by atoms with Crippen molar-refractivity contribution in [2.24, 2.45) is 0 Å². The Morgan fingerprint density at radius 2 is 1.91 bits per heavy atom. The molecule has 1 aromatic carbocycles. The molecular formula is C17H22ClN3OS+2. The molecule has 3 rings (SSSR count). The zero-order chi connectivity index (χ0) is 16.1. The quantitative estimate of drug-likeness (QED) is 0.713. The number of nitrogens with one attached hydrogen (secondary N) is 3. The number of halogens is 1. The predicted octanol–water partition coefficient (Wildman–Crippen LogP) is 0.324. The van der Waals surface area contributed by atoms with Crippen LogP contribution < -0.4 is 15.1 Å². The lowest BCUT2D eigenvalue weighted by Crippen LogP contribution is -3.28. The highest BCUT2D eigenvalue weighted by atomic mass is 35.5. The van der Waals surface area contributed by atoms with Crippen molar-refractivity contribution in [3.63, 3.8) is 0 Å². The zero-order valence-corrected chi connectivity index (χ0v) is 14.6. The molecule has 6 heteroatoms. The molecule has 1 aliphatic heterocycles. The first-order chi connectivity index (χ1) is 11.2. The van der Waals surface area contributed by atoms with Gasteiger partial charge in [0.15, 0.2) is 6.54 Å². The van der Waals surface area contributed by atoms with Crippen molar-refractivity contribution in [1.29, 1.82) is 0 Å². The summed E-state index contributed by atoms with van der Waals surface area (Å²) in [5.41, 5.74) is 0.767. The number of amides is 1. The summed E-state index contributed by atoms with van der Waals surface area (Å²) in [5.74, 6) is 0.0592. The number of carbonyl (C=O) groups excluding carboxylic acids is 1. The van der Waals surface area contributed by atoms with Gasteiger partial charge in [0.05, 0.1) is 4.88 Å². The summed E-state index contributed by atoms with van der Waals surface area (Å²) in [6, 6.07) is 11.6. The van der Waals surface area contributed by atoms with E-state index in [0.29, 0.717) is 11.6 Å². The van der Waals surface area contributed by atoms with Crippen molar-refractivity contribution in [2.45, 2.75) is 6.54 Å². The first kappa shape index (κ1) is 16.5. The summed E-state index contributed by atoms with van der Waals surface area (Å²) in [6.45, 7) is 5.97. The minimum absolute atomic E-state index is 0.0592. The fourth-order valence-corrected chi connectivity index (χ4v) is 3.94. The van der Waals surface area contributed by atoms with Crippen LogP contribution in [-0.2, 0) is 11.3 Å². The Morgan fingerprint density at radius 1 is 1.13 bits per heavy atom. The maximum Gasteiger partial charge on any atom is 0.279 e. The molecule has 1 saturated heterocycles. The van der Waals surface area contributed by atoms with Gasteiger partial charge in [-0.1, -0.05) is 23.7 Å². The Morgan fingerprint density at radius 3 is 2.61 bits per heavy atom. The molecule has 1 amide bonds. The molecule has 0 saturated carbocycles. The molecule has 0 radical (unpaired) electrons. The minimum Gasteiger partial charge on any atom is -0.321 e. The van der Waals surface area contributed by atoms with Crippen LogP contribution in [0.2, 0.25) is 5.02 Å². The zero-order valence-electron chi connectivity index (χ0n) is 13.0. The molecule has 1 fully saturated rings. The third-order valence-electron chi connectivity index (χ3n) is 4.19. The van der Waals surface area contributed by atoms with Crippen LogP contribution in [0.3, 0.4) is 0 Å². The van der Waals surface area contributed by atoms with E-state index in [1.54, 1.807) is 17.0 Å². The van der Waals surface area contributed by atoms with Crippen molar-refractivity contribution in [3.05, 3.63) is 51.7 Å².